The highest BCUT2D eigenvalue weighted by Crippen LogP contribution is 2.15. The number of benzene rings is 3. The summed E-state index contributed by atoms with van der Waals surface area (Å²) >= 11 is 0. The van der Waals surface area contributed by atoms with Crippen LogP contribution >= 0.6 is 0 Å². The summed E-state index contributed by atoms with van der Waals surface area (Å²) in [4.78, 5) is 17.5. The molecule has 0 aromatic heterocycles. The van der Waals surface area contributed by atoms with Crippen LogP contribution in [0.25, 0.3) is 0 Å². The number of hydrogen-bond acceptors (Lipinski definition) is 3. The lowest BCUT2D eigenvalue weighted by Crippen LogP contribution is -2.26. The number of hydrogen-bond donors (Lipinski definition) is 0. The zero-order chi connectivity index (χ0) is 18.9. The van der Waals surface area contributed by atoms with Crippen LogP contribution in [0.2, 0.25) is 0 Å². The summed E-state index contributed by atoms with van der Waals surface area (Å²) in [5.41, 5.74) is 3.81. The first-order valence-electron chi connectivity index (χ1n) is 9.17. The number of ether oxygens (including phenoxy) is 1. The maximum absolute atomic E-state index is 12.6. The maximum Gasteiger partial charge on any atom is 0.331 e. The molecule has 0 aliphatic carbocycles. The van der Waals surface area contributed by atoms with Gasteiger partial charge in [-0.3, -0.25) is 4.99 Å². The van der Waals surface area contributed by atoms with Crippen LogP contribution in [0.1, 0.15) is 23.6 Å². The Morgan fingerprint density at radius 2 is 1.30 bits per heavy atom. The first-order chi connectivity index (χ1) is 13.3. The molecule has 3 aromatic rings. The van der Waals surface area contributed by atoms with Gasteiger partial charge in [-0.15, -0.1) is 0 Å². The van der Waals surface area contributed by atoms with Gasteiger partial charge in [0.05, 0.1) is 12.3 Å². The van der Waals surface area contributed by atoms with Crippen molar-refractivity contribution in [2.45, 2.75) is 19.4 Å². The minimum Gasteiger partial charge on any atom is -0.464 e. The van der Waals surface area contributed by atoms with Gasteiger partial charge in [0.1, 0.15) is 0 Å². The smallest absolute Gasteiger partial charge is 0.331 e. The molecule has 0 fully saturated rings. The third-order valence-electron chi connectivity index (χ3n) is 4.21. The van der Waals surface area contributed by atoms with Crippen LogP contribution in [0, 0.1) is 0 Å². The summed E-state index contributed by atoms with van der Waals surface area (Å²) in [7, 11) is 0. The van der Waals surface area contributed by atoms with Crippen molar-refractivity contribution < 1.29 is 9.53 Å². The van der Waals surface area contributed by atoms with Crippen molar-refractivity contribution in [3.8, 4) is 0 Å². The van der Waals surface area contributed by atoms with Gasteiger partial charge in [0.15, 0.2) is 6.04 Å². The molecule has 0 bridgehead atoms. The first-order valence-corrected chi connectivity index (χ1v) is 9.17. The van der Waals surface area contributed by atoms with Crippen molar-refractivity contribution in [3.05, 3.63) is 108 Å². The lowest BCUT2D eigenvalue weighted by Gasteiger charge is -2.15. The maximum atomic E-state index is 12.6. The zero-order valence-electron chi connectivity index (χ0n) is 15.4. The van der Waals surface area contributed by atoms with Crippen LogP contribution < -0.4 is 0 Å². The molecule has 0 aliphatic rings. The molecule has 0 spiro atoms. The SMILES string of the molecule is CCOC(=O)C(Cc1ccccc1)N=C(c1ccccc1)c1ccccc1. The minimum atomic E-state index is -0.595. The fourth-order valence-electron chi connectivity index (χ4n) is 2.92. The lowest BCUT2D eigenvalue weighted by molar-refractivity contribution is -0.144. The van der Waals surface area contributed by atoms with Crippen LogP contribution in [0.5, 0.6) is 0 Å². The van der Waals surface area contributed by atoms with Crippen molar-refractivity contribution in [2.75, 3.05) is 6.61 Å². The van der Waals surface area contributed by atoms with E-state index in [9.17, 15) is 4.79 Å². The third kappa shape index (κ3) is 5.14. The van der Waals surface area contributed by atoms with E-state index in [-0.39, 0.29) is 5.97 Å². The van der Waals surface area contributed by atoms with E-state index in [2.05, 4.69) is 0 Å². The molecular formula is C24H23NO2. The number of nitrogens with zero attached hydrogens (tertiary/aromatic N) is 1. The van der Waals surface area contributed by atoms with E-state index in [1.165, 1.54) is 0 Å². The van der Waals surface area contributed by atoms with Gasteiger partial charge in [-0.05, 0) is 12.5 Å². The van der Waals surface area contributed by atoms with E-state index in [0.29, 0.717) is 13.0 Å². The molecule has 27 heavy (non-hydrogen) atoms. The van der Waals surface area contributed by atoms with Crippen LogP contribution in [0.4, 0.5) is 0 Å². The summed E-state index contributed by atoms with van der Waals surface area (Å²) in [5, 5.41) is 0. The Labute approximate surface area is 160 Å². The van der Waals surface area contributed by atoms with E-state index in [0.717, 1.165) is 22.4 Å². The minimum absolute atomic E-state index is 0.300. The second-order valence-electron chi connectivity index (χ2n) is 6.17. The van der Waals surface area contributed by atoms with Gasteiger partial charge in [0.25, 0.3) is 0 Å². The summed E-state index contributed by atoms with van der Waals surface area (Å²) in [6, 6.07) is 29.2. The molecule has 3 heteroatoms. The number of rotatable bonds is 7. The molecule has 136 valence electrons. The second kappa shape index (κ2) is 9.48. The Morgan fingerprint density at radius 3 is 1.78 bits per heavy atom. The third-order valence-corrected chi connectivity index (χ3v) is 4.21. The molecule has 0 aliphatic heterocycles. The van der Waals surface area contributed by atoms with E-state index in [1.54, 1.807) is 0 Å². The van der Waals surface area contributed by atoms with Crippen molar-refractivity contribution >= 4 is 11.7 Å². The van der Waals surface area contributed by atoms with Crippen LogP contribution in [0.3, 0.4) is 0 Å². The summed E-state index contributed by atoms with van der Waals surface area (Å²) in [5.74, 6) is -0.300. The molecular weight excluding hydrogens is 334 g/mol. The Bertz CT molecular complexity index is 833. The van der Waals surface area contributed by atoms with Crippen molar-refractivity contribution in [1.82, 2.24) is 0 Å². The summed E-state index contributed by atoms with van der Waals surface area (Å²) < 4.78 is 5.30. The topological polar surface area (TPSA) is 38.7 Å². The Morgan fingerprint density at radius 1 is 0.815 bits per heavy atom. The predicted octanol–water partition coefficient (Wildman–Crippen LogP) is 4.70. The van der Waals surface area contributed by atoms with Crippen LogP contribution in [-0.4, -0.2) is 24.3 Å². The largest absolute Gasteiger partial charge is 0.464 e. The standard InChI is InChI=1S/C24H23NO2/c1-2-27-24(26)22(18-19-12-6-3-7-13-19)25-23(20-14-8-4-9-15-20)21-16-10-5-11-17-21/h3-17,22H,2,18H2,1H3. The van der Waals surface area contributed by atoms with Gasteiger partial charge in [-0.25, -0.2) is 4.79 Å². The number of aliphatic imine (C=N–C) groups is 1. The quantitative estimate of drug-likeness (QED) is 0.454. The Hall–Kier alpha value is -3.20. The normalized spacial score (nSPS) is 11.4. The average Bonchev–Trinajstić information content (AvgIpc) is 2.73. The highest BCUT2D eigenvalue weighted by atomic mass is 16.5. The van der Waals surface area contributed by atoms with Gasteiger partial charge in [-0.2, -0.15) is 0 Å². The van der Waals surface area contributed by atoms with Gasteiger partial charge in [0.2, 0.25) is 0 Å². The van der Waals surface area contributed by atoms with Gasteiger partial charge in [-0.1, -0.05) is 91.0 Å². The van der Waals surface area contributed by atoms with Crippen LogP contribution in [-0.2, 0) is 16.0 Å². The highest BCUT2D eigenvalue weighted by molar-refractivity contribution is 6.13. The van der Waals surface area contributed by atoms with Gasteiger partial charge in [0, 0.05) is 17.5 Å². The van der Waals surface area contributed by atoms with E-state index in [1.807, 2.05) is 97.9 Å². The van der Waals surface area contributed by atoms with E-state index < -0.39 is 6.04 Å². The van der Waals surface area contributed by atoms with E-state index in [4.69, 9.17) is 9.73 Å². The molecule has 0 amide bonds. The molecule has 0 saturated heterocycles. The fourth-order valence-corrected chi connectivity index (χ4v) is 2.92. The van der Waals surface area contributed by atoms with Crippen LogP contribution in [0.15, 0.2) is 96.0 Å². The molecule has 3 rings (SSSR count). The number of carbonyl (C=O) groups is 1. The first kappa shape index (κ1) is 18.6. The molecule has 3 nitrogen and oxygen atoms in total. The molecule has 0 heterocycles. The molecule has 0 radical (unpaired) electrons. The Balaban J connectivity index is 2.03. The summed E-state index contributed by atoms with van der Waals surface area (Å²) in [6.45, 7) is 2.15. The monoisotopic (exact) mass is 357 g/mol. The van der Waals surface area contributed by atoms with E-state index >= 15 is 0 Å². The molecule has 0 N–H and O–H groups in total. The van der Waals surface area contributed by atoms with Gasteiger partial charge < -0.3 is 4.74 Å². The molecule has 1 unspecified atom stereocenters. The molecule has 1 atom stereocenters. The zero-order valence-corrected chi connectivity index (χ0v) is 15.4. The second-order valence-corrected chi connectivity index (χ2v) is 6.17. The average molecular weight is 357 g/mol. The van der Waals surface area contributed by atoms with Gasteiger partial charge >= 0.3 is 5.97 Å². The predicted molar refractivity (Wildman–Crippen MR) is 109 cm³/mol. The van der Waals surface area contributed by atoms with Crippen molar-refractivity contribution in [2.24, 2.45) is 4.99 Å². The molecule has 0 saturated carbocycles. The van der Waals surface area contributed by atoms with Crippen molar-refractivity contribution in [1.29, 1.82) is 0 Å². The van der Waals surface area contributed by atoms with Crippen molar-refractivity contribution in [3.63, 3.8) is 0 Å². The number of esters is 1. The number of carbonyl (C=O) groups excluding carboxylic acids is 1. The Kier molecular flexibility index (Phi) is 6.53. The highest BCUT2D eigenvalue weighted by Gasteiger charge is 2.21. The summed E-state index contributed by atoms with van der Waals surface area (Å²) in [6.07, 6.45) is 0.503. The fraction of sp³-hybridized carbons (Fsp3) is 0.167. The molecule has 3 aromatic carbocycles. The lowest BCUT2D eigenvalue weighted by atomic mass is 10.0.